The first kappa shape index (κ1) is 20.1. The predicted molar refractivity (Wildman–Crippen MR) is 114 cm³/mol. The van der Waals surface area contributed by atoms with E-state index in [1.165, 1.54) is 0 Å². The van der Waals surface area contributed by atoms with Gasteiger partial charge in [-0.2, -0.15) is 5.26 Å². The summed E-state index contributed by atoms with van der Waals surface area (Å²) in [4.78, 5) is 31.6. The number of anilines is 1. The van der Waals surface area contributed by atoms with Crippen molar-refractivity contribution in [1.29, 1.82) is 5.26 Å². The highest BCUT2D eigenvalue weighted by Gasteiger charge is 2.41. The van der Waals surface area contributed by atoms with E-state index in [1.807, 2.05) is 61.5 Å². The Kier molecular flexibility index (Phi) is 5.82. The van der Waals surface area contributed by atoms with Crippen molar-refractivity contribution in [3.8, 4) is 6.07 Å². The van der Waals surface area contributed by atoms with Crippen LogP contribution in [0.2, 0.25) is 0 Å². The third-order valence-electron chi connectivity index (χ3n) is 6.03. The summed E-state index contributed by atoms with van der Waals surface area (Å²) >= 11 is 0. The second-order valence-electron chi connectivity index (χ2n) is 8.05. The number of aryl methyl sites for hydroxylation is 1. The quantitative estimate of drug-likeness (QED) is 0.738. The third kappa shape index (κ3) is 4.07. The highest BCUT2D eigenvalue weighted by atomic mass is 16.2. The van der Waals surface area contributed by atoms with Gasteiger partial charge in [0.2, 0.25) is 11.8 Å². The smallest absolute Gasteiger partial charge is 0.239 e. The van der Waals surface area contributed by atoms with Crippen molar-refractivity contribution < 1.29 is 9.59 Å². The first-order valence-corrected chi connectivity index (χ1v) is 10.4. The maximum Gasteiger partial charge on any atom is 0.239 e. The molecular weight excluding hydrogens is 376 g/mol. The minimum absolute atomic E-state index is 0.135. The van der Waals surface area contributed by atoms with Crippen LogP contribution in [-0.4, -0.2) is 53.8 Å². The van der Waals surface area contributed by atoms with E-state index in [-0.39, 0.29) is 17.9 Å². The molecule has 4 rings (SSSR count). The number of hydrogen-bond acceptors (Lipinski definition) is 4. The molecule has 2 unspecified atom stereocenters. The van der Waals surface area contributed by atoms with Crippen LogP contribution < -0.4 is 4.90 Å². The molecule has 2 aliphatic heterocycles. The Morgan fingerprint density at radius 1 is 1.07 bits per heavy atom. The molecule has 6 nitrogen and oxygen atoms in total. The minimum atomic E-state index is -0.647. The molecule has 6 heteroatoms. The molecule has 2 aromatic carbocycles. The van der Waals surface area contributed by atoms with Crippen molar-refractivity contribution in [2.75, 3.05) is 31.1 Å². The Bertz CT molecular complexity index is 951. The molecule has 0 saturated carbocycles. The number of nitriles is 1. The van der Waals surface area contributed by atoms with Gasteiger partial charge in [0, 0.05) is 38.4 Å². The van der Waals surface area contributed by atoms with E-state index in [1.54, 1.807) is 9.80 Å². The Morgan fingerprint density at radius 3 is 2.50 bits per heavy atom. The second-order valence-corrected chi connectivity index (χ2v) is 8.05. The average molecular weight is 402 g/mol. The van der Waals surface area contributed by atoms with E-state index in [2.05, 4.69) is 11.0 Å². The van der Waals surface area contributed by atoms with Crippen LogP contribution in [0.1, 0.15) is 17.5 Å². The molecule has 2 aliphatic rings. The van der Waals surface area contributed by atoms with Gasteiger partial charge in [0.15, 0.2) is 0 Å². The summed E-state index contributed by atoms with van der Waals surface area (Å²) in [5, 5.41) is 9.66. The van der Waals surface area contributed by atoms with Gasteiger partial charge in [-0.15, -0.1) is 0 Å². The SMILES string of the molecule is Cc1ccc(N2CCC(C(=O)N3CCN(Cc4ccccc4)C(C#N)C3)C2=O)cc1. The van der Waals surface area contributed by atoms with E-state index in [0.717, 1.165) is 16.8 Å². The van der Waals surface area contributed by atoms with Gasteiger partial charge in [0.05, 0.1) is 6.07 Å². The maximum absolute atomic E-state index is 13.1. The molecule has 2 amide bonds. The lowest BCUT2D eigenvalue weighted by atomic mass is 10.0. The monoisotopic (exact) mass is 402 g/mol. The molecule has 2 saturated heterocycles. The van der Waals surface area contributed by atoms with E-state index in [0.29, 0.717) is 39.1 Å². The largest absolute Gasteiger partial charge is 0.338 e. The molecule has 154 valence electrons. The topological polar surface area (TPSA) is 67.7 Å². The lowest BCUT2D eigenvalue weighted by Gasteiger charge is -2.39. The Balaban J connectivity index is 1.40. The molecule has 0 spiro atoms. The van der Waals surface area contributed by atoms with E-state index in [4.69, 9.17) is 0 Å². The molecule has 2 fully saturated rings. The number of benzene rings is 2. The lowest BCUT2D eigenvalue weighted by molar-refractivity contribution is -0.141. The van der Waals surface area contributed by atoms with Crippen LogP contribution in [0.3, 0.4) is 0 Å². The first-order valence-electron chi connectivity index (χ1n) is 10.4. The molecule has 0 radical (unpaired) electrons. The summed E-state index contributed by atoms with van der Waals surface area (Å²) in [6, 6.07) is 19.8. The summed E-state index contributed by atoms with van der Waals surface area (Å²) in [7, 11) is 0. The van der Waals surface area contributed by atoms with Crippen LogP contribution in [0.25, 0.3) is 0 Å². The Hall–Kier alpha value is -3.17. The number of rotatable bonds is 4. The van der Waals surface area contributed by atoms with Gasteiger partial charge >= 0.3 is 0 Å². The van der Waals surface area contributed by atoms with Gasteiger partial charge in [-0.1, -0.05) is 48.0 Å². The predicted octanol–water partition coefficient (Wildman–Crippen LogP) is 2.58. The van der Waals surface area contributed by atoms with E-state index in [9.17, 15) is 14.9 Å². The molecule has 30 heavy (non-hydrogen) atoms. The van der Waals surface area contributed by atoms with Crippen LogP contribution in [0, 0.1) is 24.2 Å². The van der Waals surface area contributed by atoms with Gasteiger partial charge in [-0.05, 0) is 31.0 Å². The number of carbonyl (C=O) groups is 2. The van der Waals surface area contributed by atoms with Crippen molar-refractivity contribution in [2.24, 2.45) is 5.92 Å². The number of piperazine rings is 1. The van der Waals surface area contributed by atoms with Gasteiger partial charge in [-0.25, -0.2) is 0 Å². The lowest BCUT2D eigenvalue weighted by Crippen LogP contribution is -2.55. The molecule has 0 N–H and O–H groups in total. The molecule has 0 aliphatic carbocycles. The van der Waals surface area contributed by atoms with Crippen LogP contribution >= 0.6 is 0 Å². The number of amides is 2. The summed E-state index contributed by atoms with van der Waals surface area (Å²) in [6.07, 6.45) is 0.521. The minimum Gasteiger partial charge on any atom is -0.338 e. The van der Waals surface area contributed by atoms with Crippen molar-refractivity contribution in [1.82, 2.24) is 9.80 Å². The number of hydrogen-bond donors (Lipinski definition) is 0. The van der Waals surface area contributed by atoms with Crippen LogP contribution in [0.5, 0.6) is 0 Å². The second kappa shape index (κ2) is 8.68. The zero-order valence-corrected chi connectivity index (χ0v) is 17.2. The molecular formula is C24H26N4O2. The summed E-state index contributed by atoms with van der Waals surface area (Å²) in [6.45, 7) is 4.75. The normalized spacial score (nSPS) is 22.2. The van der Waals surface area contributed by atoms with Crippen molar-refractivity contribution in [3.05, 3.63) is 65.7 Å². The van der Waals surface area contributed by atoms with Gasteiger partial charge in [0.1, 0.15) is 12.0 Å². The zero-order chi connectivity index (χ0) is 21.1. The number of carbonyl (C=O) groups excluding carboxylic acids is 2. The Labute approximate surface area is 177 Å². The van der Waals surface area contributed by atoms with Crippen molar-refractivity contribution in [2.45, 2.75) is 25.9 Å². The Morgan fingerprint density at radius 2 is 1.80 bits per heavy atom. The summed E-state index contributed by atoms with van der Waals surface area (Å²) in [5.74, 6) is -0.926. The van der Waals surface area contributed by atoms with Crippen molar-refractivity contribution >= 4 is 17.5 Å². The fraction of sp³-hybridized carbons (Fsp3) is 0.375. The molecule has 0 aromatic heterocycles. The van der Waals surface area contributed by atoms with Crippen molar-refractivity contribution in [3.63, 3.8) is 0 Å². The van der Waals surface area contributed by atoms with E-state index < -0.39 is 5.92 Å². The summed E-state index contributed by atoms with van der Waals surface area (Å²) < 4.78 is 0. The fourth-order valence-electron chi connectivity index (χ4n) is 4.26. The molecule has 2 heterocycles. The molecule has 2 aromatic rings. The maximum atomic E-state index is 13.1. The molecule has 2 atom stereocenters. The highest BCUT2D eigenvalue weighted by Crippen LogP contribution is 2.27. The standard InChI is InChI=1S/C24H26N4O2/c1-18-7-9-20(10-8-18)28-12-11-22(24(28)30)23(29)27-14-13-26(21(15-25)17-27)16-19-5-3-2-4-6-19/h2-10,21-22H,11-14,16-17H2,1H3. The average Bonchev–Trinajstić information content (AvgIpc) is 3.16. The number of nitrogens with zero attached hydrogens (tertiary/aromatic N) is 4. The van der Waals surface area contributed by atoms with Crippen LogP contribution in [0.4, 0.5) is 5.69 Å². The summed E-state index contributed by atoms with van der Waals surface area (Å²) in [5.41, 5.74) is 3.12. The van der Waals surface area contributed by atoms with Crippen LogP contribution in [0.15, 0.2) is 54.6 Å². The van der Waals surface area contributed by atoms with Crippen LogP contribution in [-0.2, 0) is 16.1 Å². The van der Waals surface area contributed by atoms with E-state index >= 15 is 0 Å². The van der Waals surface area contributed by atoms with Gasteiger partial charge in [0.25, 0.3) is 0 Å². The van der Waals surface area contributed by atoms with Gasteiger partial charge < -0.3 is 9.80 Å². The third-order valence-corrected chi connectivity index (χ3v) is 6.03. The fourth-order valence-corrected chi connectivity index (χ4v) is 4.26. The zero-order valence-electron chi connectivity index (χ0n) is 17.2. The molecule has 0 bridgehead atoms. The first-order chi connectivity index (χ1) is 14.6. The highest BCUT2D eigenvalue weighted by molar-refractivity contribution is 6.09. The van der Waals surface area contributed by atoms with Gasteiger partial charge in [-0.3, -0.25) is 14.5 Å².